The number of aliphatic hydroxyl groups is 1. The van der Waals surface area contributed by atoms with E-state index in [1.54, 1.807) is 24.5 Å². The maximum absolute atomic E-state index is 13.4. The Kier molecular flexibility index (Phi) is 8.52. The van der Waals surface area contributed by atoms with Gasteiger partial charge in [0, 0.05) is 18.0 Å². The van der Waals surface area contributed by atoms with E-state index in [0.29, 0.717) is 17.9 Å². The lowest BCUT2D eigenvalue weighted by atomic mass is 9.82. The molecular weight excluding hydrogens is 317 g/mol. The standard InChI is InChI=1S/C17H19FN2O.C2H6.CH5N/c18-15-6-5-13(10-16(15)19)17(21,8-7-12-3-4-12)14-2-1-9-20-11-14;2*1-2/h1-2,5-6,9-12,21H,3-4,7-8,19H2;1-2H3;2H2,1H3. The van der Waals surface area contributed by atoms with Crippen LogP contribution in [0.4, 0.5) is 10.1 Å². The third-order valence-corrected chi connectivity index (χ3v) is 4.22. The Morgan fingerprint density at radius 2 is 1.88 bits per heavy atom. The molecule has 1 unspecified atom stereocenters. The summed E-state index contributed by atoms with van der Waals surface area (Å²) in [7, 11) is 1.50. The van der Waals surface area contributed by atoms with Gasteiger partial charge in [0.2, 0.25) is 0 Å². The van der Waals surface area contributed by atoms with E-state index in [9.17, 15) is 9.50 Å². The average molecular weight is 347 g/mol. The second-order valence-electron chi connectivity index (χ2n) is 5.82. The van der Waals surface area contributed by atoms with Crippen molar-refractivity contribution in [3.8, 4) is 0 Å². The Morgan fingerprint density at radius 3 is 2.40 bits per heavy atom. The monoisotopic (exact) mass is 347 g/mol. The minimum absolute atomic E-state index is 0.0567. The molecule has 0 radical (unpaired) electrons. The van der Waals surface area contributed by atoms with Crippen molar-refractivity contribution in [3.63, 3.8) is 0 Å². The van der Waals surface area contributed by atoms with Crippen molar-refractivity contribution in [2.45, 2.75) is 45.1 Å². The van der Waals surface area contributed by atoms with Gasteiger partial charge in [-0.3, -0.25) is 4.98 Å². The van der Waals surface area contributed by atoms with Crippen LogP contribution in [0.2, 0.25) is 0 Å². The minimum atomic E-state index is -1.17. The summed E-state index contributed by atoms with van der Waals surface area (Å²) in [6, 6.07) is 8.08. The first kappa shape index (κ1) is 21.1. The van der Waals surface area contributed by atoms with Crippen molar-refractivity contribution in [2.24, 2.45) is 11.7 Å². The van der Waals surface area contributed by atoms with E-state index in [-0.39, 0.29) is 5.69 Å². The zero-order valence-electron chi connectivity index (χ0n) is 15.4. The summed E-state index contributed by atoms with van der Waals surface area (Å²) in [5.74, 6) is 0.237. The molecule has 4 nitrogen and oxygen atoms in total. The number of halogens is 1. The van der Waals surface area contributed by atoms with Crippen molar-refractivity contribution < 1.29 is 9.50 Å². The molecule has 1 saturated carbocycles. The van der Waals surface area contributed by atoms with Gasteiger partial charge in [0.05, 0.1) is 5.69 Å². The first-order chi connectivity index (χ1) is 12.1. The van der Waals surface area contributed by atoms with E-state index in [4.69, 9.17) is 5.73 Å². The summed E-state index contributed by atoms with van der Waals surface area (Å²) >= 11 is 0. The van der Waals surface area contributed by atoms with Crippen LogP contribution in [0.5, 0.6) is 0 Å². The number of benzene rings is 1. The highest BCUT2D eigenvalue weighted by atomic mass is 19.1. The van der Waals surface area contributed by atoms with E-state index < -0.39 is 11.4 Å². The number of nitrogens with two attached hydrogens (primary N) is 2. The molecule has 0 saturated heterocycles. The Hall–Kier alpha value is -1.98. The van der Waals surface area contributed by atoms with Crippen molar-refractivity contribution >= 4 is 5.69 Å². The molecule has 1 aromatic heterocycles. The summed E-state index contributed by atoms with van der Waals surface area (Å²) in [4.78, 5) is 4.09. The first-order valence-corrected chi connectivity index (χ1v) is 8.86. The third kappa shape index (κ3) is 5.51. The molecule has 0 aliphatic heterocycles. The van der Waals surface area contributed by atoms with Crippen LogP contribution in [0.1, 0.15) is 50.7 Å². The molecule has 1 aromatic carbocycles. The molecule has 1 aliphatic rings. The van der Waals surface area contributed by atoms with Crippen LogP contribution in [0.25, 0.3) is 0 Å². The maximum Gasteiger partial charge on any atom is 0.146 e. The van der Waals surface area contributed by atoms with Gasteiger partial charge in [-0.15, -0.1) is 0 Å². The summed E-state index contributed by atoms with van der Waals surface area (Å²) < 4.78 is 13.4. The molecule has 0 bridgehead atoms. The van der Waals surface area contributed by atoms with Crippen LogP contribution >= 0.6 is 0 Å². The lowest BCUT2D eigenvalue weighted by Gasteiger charge is -2.29. The number of rotatable bonds is 5. The van der Waals surface area contributed by atoms with Crippen molar-refractivity contribution in [3.05, 3.63) is 59.7 Å². The van der Waals surface area contributed by atoms with Crippen LogP contribution in [0.15, 0.2) is 42.7 Å². The van der Waals surface area contributed by atoms with Crippen LogP contribution < -0.4 is 11.5 Å². The lowest BCUT2D eigenvalue weighted by Crippen LogP contribution is -2.28. The minimum Gasteiger partial charge on any atom is -0.396 e. The highest BCUT2D eigenvalue weighted by Gasteiger charge is 2.34. The Morgan fingerprint density at radius 1 is 1.20 bits per heavy atom. The molecule has 3 rings (SSSR count). The highest BCUT2D eigenvalue weighted by Crippen LogP contribution is 2.41. The van der Waals surface area contributed by atoms with E-state index in [1.807, 2.05) is 19.9 Å². The van der Waals surface area contributed by atoms with Gasteiger partial charge in [-0.25, -0.2) is 4.39 Å². The third-order valence-electron chi connectivity index (χ3n) is 4.22. The number of hydrogen-bond donors (Lipinski definition) is 3. The Balaban J connectivity index is 0.000000730. The normalized spacial score (nSPS) is 15.1. The topological polar surface area (TPSA) is 85.2 Å². The summed E-state index contributed by atoms with van der Waals surface area (Å²) in [5.41, 5.74) is 10.4. The van der Waals surface area contributed by atoms with Gasteiger partial charge in [0.1, 0.15) is 11.4 Å². The van der Waals surface area contributed by atoms with Crippen molar-refractivity contribution in [1.82, 2.24) is 4.98 Å². The Bertz CT molecular complexity index is 632. The number of nitrogens with zero attached hydrogens (tertiary/aromatic N) is 1. The van der Waals surface area contributed by atoms with Gasteiger partial charge in [0.25, 0.3) is 0 Å². The second kappa shape index (κ2) is 10.1. The maximum atomic E-state index is 13.4. The average Bonchev–Trinajstić information content (AvgIpc) is 3.50. The summed E-state index contributed by atoms with van der Waals surface area (Å²) in [6.45, 7) is 4.00. The van der Waals surface area contributed by atoms with Crippen LogP contribution in [0.3, 0.4) is 0 Å². The van der Waals surface area contributed by atoms with E-state index in [1.165, 1.54) is 32.0 Å². The molecule has 2 aromatic rings. The van der Waals surface area contributed by atoms with E-state index in [0.717, 1.165) is 12.0 Å². The second-order valence-corrected chi connectivity index (χ2v) is 5.82. The zero-order chi connectivity index (χ0) is 18.9. The van der Waals surface area contributed by atoms with Crippen molar-refractivity contribution in [1.29, 1.82) is 0 Å². The zero-order valence-corrected chi connectivity index (χ0v) is 15.4. The summed E-state index contributed by atoms with van der Waals surface area (Å²) in [5, 5.41) is 11.2. The van der Waals surface area contributed by atoms with E-state index >= 15 is 0 Å². The molecule has 5 heteroatoms. The fourth-order valence-electron chi connectivity index (χ4n) is 2.68. The number of nitrogen functional groups attached to an aromatic ring is 1. The number of hydrogen-bond acceptors (Lipinski definition) is 4. The Labute approximate surface area is 150 Å². The number of aromatic nitrogens is 1. The molecule has 1 heterocycles. The van der Waals surface area contributed by atoms with Crippen LogP contribution in [0, 0.1) is 11.7 Å². The molecule has 5 N–H and O–H groups in total. The quantitative estimate of drug-likeness (QED) is 0.718. The number of pyridine rings is 1. The van der Waals surface area contributed by atoms with Gasteiger partial charge in [0.15, 0.2) is 0 Å². The van der Waals surface area contributed by atoms with Gasteiger partial charge in [-0.1, -0.05) is 38.8 Å². The molecule has 138 valence electrons. The largest absolute Gasteiger partial charge is 0.396 e. The van der Waals surface area contributed by atoms with Gasteiger partial charge in [-0.2, -0.15) is 0 Å². The molecule has 0 amide bonds. The molecule has 1 aliphatic carbocycles. The van der Waals surface area contributed by atoms with Crippen LogP contribution in [-0.4, -0.2) is 17.1 Å². The van der Waals surface area contributed by atoms with Gasteiger partial charge < -0.3 is 16.6 Å². The predicted octanol–water partition coefficient (Wildman–Crippen LogP) is 3.83. The van der Waals surface area contributed by atoms with Gasteiger partial charge >= 0.3 is 0 Å². The van der Waals surface area contributed by atoms with Crippen LogP contribution in [-0.2, 0) is 5.60 Å². The predicted molar refractivity (Wildman–Crippen MR) is 101 cm³/mol. The highest BCUT2D eigenvalue weighted by molar-refractivity contribution is 5.47. The summed E-state index contributed by atoms with van der Waals surface area (Å²) in [6.07, 6.45) is 7.33. The van der Waals surface area contributed by atoms with Gasteiger partial charge in [-0.05, 0) is 49.6 Å². The molecule has 0 spiro atoms. The molecule has 1 fully saturated rings. The fourth-order valence-corrected chi connectivity index (χ4v) is 2.68. The molecule has 25 heavy (non-hydrogen) atoms. The smallest absolute Gasteiger partial charge is 0.146 e. The molecular formula is C20H30FN3O. The van der Waals surface area contributed by atoms with Crippen molar-refractivity contribution in [2.75, 3.05) is 12.8 Å². The molecule has 1 atom stereocenters. The fraction of sp³-hybridized carbons (Fsp3) is 0.450. The lowest BCUT2D eigenvalue weighted by molar-refractivity contribution is 0.0666. The number of anilines is 1. The van der Waals surface area contributed by atoms with E-state index in [2.05, 4.69) is 10.7 Å². The first-order valence-electron chi connectivity index (χ1n) is 8.86. The SMILES string of the molecule is CC.CN.Nc1cc(C(O)(CCC2CC2)c2cccnc2)ccc1F.